The highest BCUT2D eigenvalue weighted by molar-refractivity contribution is 7.99. The lowest BCUT2D eigenvalue weighted by Crippen LogP contribution is -2.63. The van der Waals surface area contributed by atoms with Gasteiger partial charge in [0.1, 0.15) is 35.1 Å². The zero-order valence-corrected chi connectivity index (χ0v) is 39.5. The SMILES string of the molecule is COc1cc2cc(c1Cl)N(C)C(=O)C[C@H](OC(=O)[C@H](C)N(C)C(=O)CCSCC(=O)NCCN1C(=O)CC(C)C1=O)[C@](C)(O)C[C@H](C)[C@@H]1C[C@@](O)(NC(=O)O1)[C@H](OC)/C=C/C=C(\C)C2. The van der Waals surface area contributed by atoms with Gasteiger partial charge in [-0.1, -0.05) is 49.2 Å². The van der Waals surface area contributed by atoms with Gasteiger partial charge in [0, 0.05) is 65.2 Å². The molecule has 6 amide bonds. The third-order valence-electron chi connectivity index (χ3n) is 11.8. The maximum atomic E-state index is 14.2. The van der Waals surface area contributed by atoms with E-state index in [1.807, 2.05) is 13.0 Å². The molecule has 4 N–H and O–H groups in total. The molecule has 18 nitrogen and oxygen atoms in total. The first-order chi connectivity index (χ1) is 30.0. The van der Waals surface area contributed by atoms with Crippen molar-refractivity contribution in [3.8, 4) is 5.75 Å². The predicted octanol–water partition coefficient (Wildman–Crippen LogP) is 3.13. The number of hydrogen-bond acceptors (Lipinski definition) is 14. The van der Waals surface area contributed by atoms with Crippen LogP contribution in [0.2, 0.25) is 5.02 Å². The number of ether oxygens (including phenoxy) is 4. The number of halogens is 1. The second-order valence-electron chi connectivity index (χ2n) is 17.0. The van der Waals surface area contributed by atoms with Crippen LogP contribution in [0, 0.1) is 11.8 Å². The fourth-order valence-corrected chi connectivity index (χ4v) is 8.87. The Bertz CT molecular complexity index is 2000. The number of carbonyl (C=O) groups excluding carboxylic acids is 7. The monoisotopic (exact) mass is 935 g/mol. The van der Waals surface area contributed by atoms with Gasteiger partial charge in [0.05, 0.1) is 30.6 Å². The molecule has 64 heavy (non-hydrogen) atoms. The first-order valence-electron chi connectivity index (χ1n) is 21.1. The molecule has 8 atom stereocenters. The Labute approximate surface area is 383 Å². The largest absolute Gasteiger partial charge is 0.495 e. The van der Waals surface area contributed by atoms with E-state index in [0.717, 1.165) is 16.0 Å². The topological polar surface area (TPSA) is 231 Å². The van der Waals surface area contributed by atoms with Crippen molar-refractivity contribution in [1.82, 2.24) is 20.4 Å². The van der Waals surface area contributed by atoms with E-state index in [2.05, 4.69) is 10.6 Å². The van der Waals surface area contributed by atoms with E-state index < -0.39 is 71.9 Å². The van der Waals surface area contributed by atoms with Crippen molar-refractivity contribution in [1.29, 1.82) is 0 Å². The van der Waals surface area contributed by atoms with Crippen molar-refractivity contribution in [3.05, 3.63) is 46.5 Å². The Hall–Kier alpha value is -4.69. The Morgan fingerprint density at radius 3 is 2.45 bits per heavy atom. The Kier molecular flexibility index (Phi) is 18.2. The molecule has 1 aromatic rings. The van der Waals surface area contributed by atoms with E-state index in [1.165, 1.54) is 63.7 Å². The van der Waals surface area contributed by atoms with E-state index in [0.29, 0.717) is 17.9 Å². The van der Waals surface area contributed by atoms with Crippen LogP contribution < -0.4 is 20.3 Å². The smallest absolute Gasteiger partial charge is 0.409 e. The minimum Gasteiger partial charge on any atom is -0.495 e. The number of amides is 6. The van der Waals surface area contributed by atoms with Crippen LogP contribution in [0.25, 0.3) is 0 Å². The fourth-order valence-electron chi connectivity index (χ4n) is 7.80. The molecule has 0 aromatic heterocycles. The normalized spacial score (nSPS) is 28.6. The number of esters is 1. The zero-order chi connectivity index (χ0) is 47.7. The number of benzene rings is 1. The van der Waals surface area contributed by atoms with Gasteiger partial charge in [-0.2, -0.15) is 11.8 Å². The molecule has 2 saturated heterocycles. The fraction of sp³-hybridized carbons (Fsp3) is 0.614. The lowest BCUT2D eigenvalue weighted by atomic mass is 9.81. The molecule has 0 radical (unpaired) electrons. The van der Waals surface area contributed by atoms with E-state index in [9.17, 15) is 43.8 Å². The number of hydrogen-bond donors (Lipinski definition) is 4. The van der Waals surface area contributed by atoms with Crippen LogP contribution >= 0.6 is 23.4 Å². The quantitative estimate of drug-likeness (QED) is 0.127. The number of carbonyl (C=O) groups is 7. The summed E-state index contributed by atoms with van der Waals surface area (Å²) in [6.07, 6.45) is 0.379. The number of likely N-dealkylation sites (N-methyl/N-ethyl adjacent to an activating group) is 1. The minimum absolute atomic E-state index is 0.0173. The molecule has 3 aliphatic heterocycles. The molecule has 1 aromatic carbocycles. The molecule has 0 saturated carbocycles. The third kappa shape index (κ3) is 13.2. The highest BCUT2D eigenvalue weighted by atomic mass is 35.5. The summed E-state index contributed by atoms with van der Waals surface area (Å²) in [4.78, 5) is 94.2. The number of rotatable bonds is 13. The minimum atomic E-state index is -1.95. The van der Waals surface area contributed by atoms with Gasteiger partial charge in [-0.25, -0.2) is 9.59 Å². The van der Waals surface area contributed by atoms with Crippen molar-refractivity contribution in [2.24, 2.45) is 11.8 Å². The number of likely N-dealkylation sites (tertiary alicyclic amines) is 1. The lowest BCUT2D eigenvalue weighted by molar-refractivity contribution is -0.176. The van der Waals surface area contributed by atoms with Gasteiger partial charge in [-0.3, -0.25) is 34.2 Å². The van der Waals surface area contributed by atoms with Crippen molar-refractivity contribution in [2.45, 2.75) is 109 Å². The van der Waals surface area contributed by atoms with Crippen LogP contribution in [-0.2, 0) is 49.4 Å². The molecule has 20 heteroatoms. The molecule has 0 spiro atoms. The van der Waals surface area contributed by atoms with E-state index in [-0.39, 0.29) is 78.9 Å². The number of anilines is 1. The molecule has 0 aliphatic carbocycles. The van der Waals surface area contributed by atoms with Crippen LogP contribution in [0.1, 0.15) is 72.3 Å². The van der Waals surface area contributed by atoms with Gasteiger partial charge in [0.15, 0.2) is 5.72 Å². The number of aliphatic hydroxyl groups is 2. The lowest BCUT2D eigenvalue weighted by Gasteiger charge is -2.43. The highest BCUT2D eigenvalue weighted by Crippen LogP contribution is 2.38. The molecule has 4 rings (SSSR count). The number of imide groups is 1. The number of allylic oxidation sites excluding steroid dienone is 3. The Morgan fingerprint density at radius 1 is 1.11 bits per heavy atom. The van der Waals surface area contributed by atoms with Crippen LogP contribution in [0.5, 0.6) is 5.75 Å². The first-order valence-corrected chi connectivity index (χ1v) is 22.6. The molecule has 3 aliphatic rings. The Balaban J connectivity index is 1.51. The summed E-state index contributed by atoms with van der Waals surface area (Å²) in [7, 11) is 5.74. The molecule has 2 fully saturated rings. The highest BCUT2D eigenvalue weighted by Gasteiger charge is 2.49. The number of methoxy groups -OCH3 is 2. The number of alkyl carbamates (subject to hydrolysis) is 1. The summed E-state index contributed by atoms with van der Waals surface area (Å²) < 4.78 is 22.7. The average Bonchev–Trinajstić information content (AvgIpc) is 3.47. The molecule has 354 valence electrons. The molecule has 3 heterocycles. The number of fused-ring (bicyclic) bond motifs is 4. The maximum absolute atomic E-state index is 14.2. The van der Waals surface area contributed by atoms with Crippen molar-refractivity contribution >= 4 is 70.6 Å². The predicted molar refractivity (Wildman–Crippen MR) is 238 cm³/mol. The van der Waals surface area contributed by atoms with Gasteiger partial charge in [0.25, 0.3) is 0 Å². The van der Waals surface area contributed by atoms with Crippen LogP contribution in [-0.4, -0.2) is 150 Å². The summed E-state index contributed by atoms with van der Waals surface area (Å²) in [6.45, 7) is 8.26. The number of nitrogens with zero attached hydrogens (tertiary/aromatic N) is 3. The van der Waals surface area contributed by atoms with Gasteiger partial charge < -0.3 is 44.3 Å². The van der Waals surface area contributed by atoms with Gasteiger partial charge in [-0.15, -0.1) is 0 Å². The molecule has 4 bridgehead atoms. The van der Waals surface area contributed by atoms with E-state index in [4.69, 9.17) is 30.5 Å². The zero-order valence-electron chi connectivity index (χ0n) is 37.9. The average molecular weight is 937 g/mol. The van der Waals surface area contributed by atoms with Crippen molar-refractivity contribution in [2.75, 3.05) is 57.8 Å². The number of nitrogens with one attached hydrogen (secondary N) is 2. The van der Waals surface area contributed by atoms with E-state index in [1.54, 1.807) is 38.1 Å². The number of thioether (sulfide) groups is 1. The summed E-state index contributed by atoms with van der Waals surface area (Å²) in [6, 6.07) is 2.29. The molecular formula is C44H62ClN5O13S. The van der Waals surface area contributed by atoms with E-state index >= 15 is 0 Å². The third-order valence-corrected chi connectivity index (χ3v) is 13.2. The van der Waals surface area contributed by atoms with Gasteiger partial charge >= 0.3 is 12.1 Å². The standard InChI is InChI=1S/C44H62ClN5O13S/c1-25-11-10-12-33(61-9)44(59)23-32(62-42(57)47-44)27(3)22-43(5,58)34(21-37(53)49(7)30-19-29(17-25)20-31(60-8)39(30)45)63-41(56)28(4)48(6)36(52)13-16-64-24-35(51)46-14-15-50-38(54)18-26(2)40(50)55/h10-12,19-20,26-28,32-34,58-59H,13-18,21-24H2,1-9H3,(H,46,51)(H,47,57)/b12-10+,25-11+/t26?,27-,28-,32-,33+,34-,43+,44-/m0/s1. The van der Waals surface area contributed by atoms with Gasteiger partial charge in [-0.05, 0) is 57.2 Å². The maximum Gasteiger partial charge on any atom is 0.409 e. The van der Waals surface area contributed by atoms with Crippen molar-refractivity contribution < 1.29 is 62.7 Å². The summed E-state index contributed by atoms with van der Waals surface area (Å²) in [5.74, 6) is -3.30. The molecule has 1 unspecified atom stereocenters. The second kappa shape index (κ2) is 22.5. The van der Waals surface area contributed by atoms with Gasteiger partial charge in [0.2, 0.25) is 29.5 Å². The second-order valence-corrected chi connectivity index (χ2v) is 18.5. The summed E-state index contributed by atoms with van der Waals surface area (Å²) in [5.41, 5.74) is -1.94. The van der Waals surface area contributed by atoms with Crippen LogP contribution in [0.4, 0.5) is 10.5 Å². The Morgan fingerprint density at radius 2 is 1.81 bits per heavy atom. The first kappa shape index (κ1) is 51.9. The molecular weight excluding hydrogens is 874 g/mol. The summed E-state index contributed by atoms with van der Waals surface area (Å²) in [5, 5.41) is 29.2. The van der Waals surface area contributed by atoms with Crippen LogP contribution in [0.3, 0.4) is 0 Å². The summed E-state index contributed by atoms with van der Waals surface area (Å²) >= 11 is 7.93. The van der Waals surface area contributed by atoms with Crippen LogP contribution in [0.15, 0.2) is 35.9 Å². The van der Waals surface area contributed by atoms with Crippen molar-refractivity contribution in [3.63, 3.8) is 0 Å².